The lowest BCUT2D eigenvalue weighted by Gasteiger charge is -2.12. The topological polar surface area (TPSA) is 88.8 Å². The van der Waals surface area contributed by atoms with Crippen LogP contribution in [0.3, 0.4) is 0 Å². The fourth-order valence-corrected chi connectivity index (χ4v) is 0.832. The number of aliphatic carboxylic acids is 1. The predicted octanol–water partition coefficient (Wildman–Crippen LogP) is 0.380. The van der Waals surface area contributed by atoms with Gasteiger partial charge in [0.25, 0.3) is 0 Å². The minimum absolute atomic E-state index is 0.0248. The molecule has 0 spiro atoms. The van der Waals surface area contributed by atoms with Crippen molar-refractivity contribution in [2.45, 2.75) is 18.9 Å². The molecular weight excluding hydrogens is 202 g/mol. The highest BCUT2D eigenvalue weighted by atomic mass is 16.7. The van der Waals surface area contributed by atoms with E-state index in [2.05, 4.69) is 0 Å². The van der Waals surface area contributed by atoms with Crippen LogP contribution in [0.2, 0.25) is 0 Å². The molecule has 0 heterocycles. The van der Waals surface area contributed by atoms with Crippen LogP contribution in [0.5, 0.6) is 0 Å². The van der Waals surface area contributed by atoms with E-state index in [4.69, 9.17) is 24.6 Å². The van der Waals surface area contributed by atoms with Gasteiger partial charge in [0.1, 0.15) is 6.79 Å². The fourth-order valence-electron chi connectivity index (χ4n) is 0.832. The Balaban J connectivity index is 3.57. The number of carbonyl (C=O) groups is 1. The molecule has 6 nitrogen and oxygen atoms in total. The molecule has 1 N–H and O–H groups in total. The SMILES string of the molecule is COCCOCO[C@@H](CC#N)CC(=O)O. The van der Waals surface area contributed by atoms with Crippen molar-refractivity contribution >= 4 is 5.97 Å². The van der Waals surface area contributed by atoms with Crippen LogP contribution in [0, 0.1) is 11.3 Å². The van der Waals surface area contributed by atoms with Gasteiger partial charge in [-0.05, 0) is 0 Å². The molecule has 0 aliphatic rings. The average molecular weight is 217 g/mol. The second kappa shape index (κ2) is 9.40. The molecule has 0 aliphatic heterocycles. The lowest BCUT2D eigenvalue weighted by molar-refractivity contribution is -0.144. The summed E-state index contributed by atoms with van der Waals surface area (Å²) in [7, 11) is 1.55. The Hall–Kier alpha value is -1.16. The van der Waals surface area contributed by atoms with Crippen LogP contribution in [-0.2, 0) is 19.0 Å². The molecule has 86 valence electrons. The van der Waals surface area contributed by atoms with E-state index in [1.807, 2.05) is 6.07 Å². The van der Waals surface area contributed by atoms with Gasteiger partial charge in [-0.1, -0.05) is 0 Å². The summed E-state index contributed by atoms with van der Waals surface area (Å²) >= 11 is 0. The zero-order chi connectivity index (χ0) is 11.5. The summed E-state index contributed by atoms with van der Waals surface area (Å²) in [5, 5.41) is 16.9. The van der Waals surface area contributed by atoms with Gasteiger partial charge in [0, 0.05) is 7.11 Å². The third-order valence-electron chi connectivity index (χ3n) is 1.54. The van der Waals surface area contributed by atoms with Crippen LogP contribution in [0.15, 0.2) is 0 Å². The molecule has 0 radical (unpaired) electrons. The van der Waals surface area contributed by atoms with E-state index in [1.54, 1.807) is 7.11 Å². The third kappa shape index (κ3) is 9.15. The molecule has 0 saturated carbocycles. The van der Waals surface area contributed by atoms with Crippen molar-refractivity contribution in [2.75, 3.05) is 27.1 Å². The molecule has 0 rings (SSSR count). The summed E-state index contributed by atoms with van der Waals surface area (Å²) in [6.45, 7) is 0.803. The number of nitrogens with zero attached hydrogens (tertiary/aromatic N) is 1. The Kier molecular flexibility index (Phi) is 8.67. The molecule has 15 heavy (non-hydrogen) atoms. The summed E-state index contributed by atoms with van der Waals surface area (Å²) in [5.41, 5.74) is 0. The molecule has 0 aliphatic carbocycles. The molecule has 0 fully saturated rings. The minimum atomic E-state index is -0.993. The first-order chi connectivity index (χ1) is 7.20. The van der Waals surface area contributed by atoms with Crippen LogP contribution in [-0.4, -0.2) is 44.3 Å². The standard InChI is InChI=1S/C9H15NO5/c1-13-4-5-14-7-15-8(2-3-10)6-9(11)12/h8H,2,4-7H2,1H3,(H,11,12)/t8-/m0/s1. The van der Waals surface area contributed by atoms with Gasteiger partial charge in [-0.2, -0.15) is 5.26 Å². The number of rotatable bonds is 9. The van der Waals surface area contributed by atoms with E-state index < -0.39 is 12.1 Å². The van der Waals surface area contributed by atoms with Crippen molar-refractivity contribution < 1.29 is 24.1 Å². The maximum atomic E-state index is 10.4. The molecule has 0 aromatic heterocycles. The first-order valence-corrected chi connectivity index (χ1v) is 4.47. The van der Waals surface area contributed by atoms with E-state index >= 15 is 0 Å². The Morgan fingerprint density at radius 2 is 2.27 bits per heavy atom. The molecule has 0 bridgehead atoms. The number of carboxylic acids is 1. The summed E-state index contributed by atoms with van der Waals surface area (Å²) in [5.74, 6) is -0.993. The number of ether oxygens (including phenoxy) is 3. The minimum Gasteiger partial charge on any atom is -0.481 e. The van der Waals surface area contributed by atoms with E-state index in [-0.39, 0.29) is 19.6 Å². The van der Waals surface area contributed by atoms with E-state index in [1.165, 1.54) is 0 Å². The summed E-state index contributed by atoms with van der Waals surface area (Å²) in [4.78, 5) is 10.4. The predicted molar refractivity (Wildman–Crippen MR) is 50.1 cm³/mol. The van der Waals surface area contributed by atoms with Gasteiger partial charge in [-0.15, -0.1) is 0 Å². The fraction of sp³-hybridized carbons (Fsp3) is 0.778. The van der Waals surface area contributed by atoms with Crippen LogP contribution >= 0.6 is 0 Å². The monoisotopic (exact) mass is 217 g/mol. The van der Waals surface area contributed by atoms with Gasteiger partial charge in [-0.3, -0.25) is 4.79 Å². The summed E-state index contributed by atoms with van der Waals surface area (Å²) in [6, 6.07) is 1.86. The third-order valence-corrected chi connectivity index (χ3v) is 1.54. The quantitative estimate of drug-likeness (QED) is 0.443. The van der Waals surface area contributed by atoms with Crippen LogP contribution in [0.1, 0.15) is 12.8 Å². The van der Waals surface area contributed by atoms with Gasteiger partial charge >= 0.3 is 5.97 Å². The number of nitriles is 1. The van der Waals surface area contributed by atoms with Gasteiger partial charge < -0.3 is 19.3 Å². The van der Waals surface area contributed by atoms with Crippen LogP contribution in [0.4, 0.5) is 0 Å². The highest BCUT2D eigenvalue weighted by molar-refractivity contribution is 5.67. The highest BCUT2D eigenvalue weighted by Gasteiger charge is 2.13. The van der Waals surface area contributed by atoms with E-state index in [0.29, 0.717) is 13.2 Å². The maximum absolute atomic E-state index is 10.4. The molecular formula is C9H15NO5. The molecule has 6 heteroatoms. The zero-order valence-corrected chi connectivity index (χ0v) is 8.64. The summed E-state index contributed by atoms with van der Waals surface area (Å²) in [6.07, 6.45) is -0.767. The van der Waals surface area contributed by atoms with E-state index in [9.17, 15) is 4.79 Å². The molecule has 0 aromatic carbocycles. The zero-order valence-electron chi connectivity index (χ0n) is 8.64. The molecule has 0 aromatic rings. The first kappa shape index (κ1) is 13.8. The van der Waals surface area contributed by atoms with Crippen molar-refractivity contribution in [3.05, 3.63) is 0 Å². The Morgan fingerprint density at radius 1 is 1.53 bits per heavy atom. The Morgan fingerprint density at radius 3 is 2.80 bits per heavy atom. The molecule has 0 unspecified atom stereocenters. The van der Waals surface area contributed by atoms with Crippen LogP contribution in [0.25, 0.3) is 0 Å². The largest absolute Gasteiger partial charge is 0.481 e. The van der Waals surface area contributed by atoms with Gasteiger partial charge in [0.05, 0.1) is 38.2 Å². The van der Waals surface area contributed by atoms with Crippen molar-refractivity contribution in [1.82, 2.24) is 0 Å². The number of hydrogen-bond donors (Lipinski definition) is 1. The Labute approximate surface area is 88.3 Å². The number of methoxy groups -OCH3 is 1. The van der Waals surface area contributed by atoms with Crippen molar-refractivity contribution in [1.29, 1.82) is 5.26 Å². The van der Waals surface area contributed by atoms with Gasteiger partial charge in [0.15, 0.2) is 0 Å². The second-order valence-corrected chi connectivity index (χ2v) is 2.77. The van der Waals surface area contributed by atoms with Crippen molar-refractivity contribution in [2.24, 2.45) is 0 Å². The summed E-state index contributed by atoms with van der Waals surface area (Å²) < 4.78 is 14.8. The normalized spacial score (nSPS) is 12.0. The smallest absolute Gasteiger partial charge is 0.306 e. The van der Waals surface area contributed by atoms with Gasteiger partial charge in [0.2, 0.25) is 0 Å². The number of carboxylic acid groups (broad SMARTS) is 1. The maximum Gasteiger partial charge on any atom is 0.306 e. The molecule has 0 amide bonds. The second-order valence-electron chi connectivity index (χ2n) is 2.77. The highest BCUT2D eigenvalue weighted by Crippen LogP contribution is 2.03. The lowest BCUT2D eigenvalue weighted by atomic mass is 10.2. The van der Waals surface area contributed by atoms with E-state index in [0.717, 1.165) is 0 Å². The first-order valence-electron chi connectivity index (χ1n) is 4.47. The molecule has 1 atom stereocenters. The van der Waals surface area contributed by atoms with Crippen molar-refractivity contribution in [3.8, 4) is 6.07 Å². The van der Waals surface area contributed by atoms with Crippen LogP contribution < -0.4 is 0 Å². The molecule has 0 saturated heterocycles. The number of hydrogen-bond acceptors (Lipinski definition) is 5. The Bertz CT molecular complexity index is 213. The van der Waals surface area contributed by atoms with Gasteiger partial charge in [-0.25, -0.2) is 0 Å². The average Bonchev–Trinajstić information content (AvgIpc) is 2.17. The van der Waals surface area contributed by atoms with Crippen molar-refractivity contribution in [3.63, 3.8) is 0 Å². The lowest BCUT2D eigenvalue weighted by Crippen LogP contribution is -2.19.